The van der Waals surface area contributed by atoms with Gasteiger partial charge < -0.3 is 0 Å². The SMILES string of the molecule is CC1(C)C=CC=CC=C1C(F)(F)F. The lowest BCUT2D eigenvalue weighted by atomic mass is 9.83. The van der Waals surface area contributed by atoms with E-state index < -0.39 is 17.2 Å². The maximum atomic E-state index is 12.5. The minimum Gasteiger partial charge on any atom is -0.166 e. The molecular formula is C10H11F3. The molecule has 13 heavy (non-hydrogen) atoms. The van der Waals surface area contributed by atoms with Crippen LogP contribution in [0.4, 0.5) is 13.2 Å². The number of hydrogen-bond donors (Lipinski definition) is 0. The zero-order valence-corrected chi connectivity index (χ0v) is 7.52. The summed E-state index contributed by atoms with van der Waals surface area (Å²) in [5.74, 6) is 0. The Morgan fingerprint density at radius 1 is 1.08 bits per heavy atom. The molecule has 0 N–H and O–H groups in total. The van der Waals surface area contributed by atoms with Gasteiger partial charge in [-0.15, -0.1) is 0 Å². The highest BCUT2D eigenvalue weighted by molar-refractivity contribution is 5.32. The summed E-state index contributed by atoms with van der Waals surface area (Å²) in [6.45, 7) is 3.10. The maximum absolute atomic E-state index is 12.5. The molecule has 0 nitrogen and oxygen atoms in total. The van der Waals surface area contributed by atoms with Crippen LogP contribution in [0.5, 0.6) is 0 Å². The monoisotopic (exact) mass is 188 g/mol. The molecule has 0 amide bonds. The fourth-order valence-corrected chi connectivity index (χ4v) is 1.28. The first kappa shape index (κ1) is 10.1. The molecule has 0 saturated heterocycles. The smallest absolute Gasteiger partial charge is 0.166 e. The molecule has 1 rings (SSSR count). The molecule has 1 aliphatic carbocycles. The summed E-state index contributed by atoms with van der Waals surface area (Å²) in [6, 6.07) is 0. The van der Waals surface area contributed by atoms with Crippen LogP contribution in [0.1, 0.15) is 13.8 Å². The molecule has 3 heteroatoms. The molecule has 0 unspecified atom stereocenters. The second-order valence-corrected chi connectivity index (χ2v) is 3.54. The second kappa shape index (κ2) is 3.05. The lowest BCUT2D eigenvalue weighted by Crippen LogP contribution is -2.24. The van der Waals surface area contributed by atoms with Gasteiger partial charge in [0.15, 0.2) is 0 Å². The predicted molar refractivity (Wildman–Crippen MR) is 46.2 cm³/mol. The third-order valence-electron chi connectivity index (χ3n) is 2.00. The van der Waals surface area contributed by atoms with Crippen molar-refractivity contribution < 1.29 is 13.2 Å². The third kappa shape index (κ3) is 2.23. The second-order valence-electron chi connectivity index (χ2n) is 3.54. The summed E-state index contributed by atoms with van der Waals surface area (Å²) in [4.78, 5) is 0. The maximum Gasteiger partial charge on any atom is 0.413 e. The van der Waals surface area contributed by atoms with Crippen LogP contribution < -0.4 is 0 Å². The number of rotatable bonds is 0. The minimum absolute atomic E-state index is 0.509. The average Bonchev–Trinajstić information content (AvgIpc) is 2.07. The largest absolute Gasteiger partial charge is 0.413 e. The molecule has 0 atom stereocenters. The van der Waals surface area contributed by atoms with E-state index in [1.807, 2.05) is 0 Å². The van der Waals surface area contributed by atoms with E-state index in [2.05, 4.69) is 0 Å². The lowest BCUT2D eigenvalue weighted by molar-refractivity contribution is -0.102. The van der Waals surface area contributed by atoms with E-state index in [4.69, 9.17) is 0 Å². The van der Waals surface area contributed by atoms with Gasteiger partial charge in [-0.1, -0.05) is 44.2 Å². The Balaban J connectivity index is 3.13. The fraction of sp³-hybridized carbons (Fsp3) is 0.400. The first-order valence-corrected chi connectivity index (χ1v) is 3.98. The van der Waals surface area contributed by atoms with E-state index in [1.54, 1.807) is 32.1 Å². The first-order valence-electron chi connectivity index (χ1n) is 3.98. The van der Waals surface area contributed by atoms with Gasteiger partial charge in [0.2, 0.25) is 0 Å². The number of alkyl halides is 3. The fourth-order valence-electron chi connectivity index (χ4n) is 1.28. The molecule has 0 aliphatic heterocycles. The molecule has 1 aliphatic rings. The van der Waals surface area contributed by atoms with Gasteiger partial charge in [0.05, 0.1) is 0 Å². The van der Waals surface area contributed by atoms with E-state index >= 15 is 0 Å². The topological polar surface area (TPSA) is 0 Å². The normalized spacial score (nSPS) is 21.2. The van der Waals surface area contributed by atoms with Gasteiger partial charge in [0.1, 0.15) is 0 Å². The van der Waals surface area contributed by atoms with Crippen molar-refractivity contribution in [1.82, 2.24) is 0 Å². The summed E-state index contributed by atoms with van der Waals surface area (Å²) in [7, 11) is 0. The molecule has 72 valence electrons. The Bertz CT molecular complexity index is 277. The van der Waals surface area contributed by atoms with Gasteiger partial charge in [-0.05, 0) is 0 Å². The van der Waals surface area contributed by atoms with Gasteiger partial charge in [-0.25, -0.2) is 0 Å². The average molecular weight is 188 g/mol. The van der Waals surface area contributed by atoms with Gasteiger partial charge in [0.25, 0.3) is 0 Å². The number of halogens is 3. The number of hydrogen-bond acceptors (Lipinski definition) is 0. The summed E-state index contributed by atoms with van der Waals surface area (Å²) in [5.41, 5.74) is -1.45. The van der Waals surface area contributed by atoms with Crippen LogP contribution in [0.25, 0.3) is 0 Å². The Labute approximate surface area is 75.4 Å². The zero-order valence-electron chi connectivity index (χ0n) is 7.52. The summed E-state index contributed by atoms with van der Waals surface area (Å²) < 4.78 is 37.4. The molecule has 0 saturated carbocycles. The van der Waals surface area contributed by atoms with Crippen molar-refractivity contribution in [2.75, 3.05) is 0 Å². The summed E-state index contributed by atoms with van der Waals surface area (Å²) >= 11 is 0. The van der Waals surface area contributed by atoms with Crippen molar-refractivity contribution in [2.24, 2.45) is 5.41 Å². The highest BCUT2D eigenvalue weighted by Gasteiger charge is 2.41. The van der Waals surface area contributed by atoms with Crippen molar-refractivity contribution >= 4 is 0 Å². The van der Waals surface area contributed by atoms with E-state index in [0.717, 1.165) is 6.08 Å². The van der Waals surface area contributed by atoms with Crippen LogP contribution >= 0.6 is 0 Å². The van der Waals surface area contributed by atoms with Gasteiger partial charge in [0, 0.05) is 11.0 Å². The standard InChI is InChI=1S/C10H11F3/c1-9(2)7-5-3-4-6-8(9)10(11,12)13/h3-7H,1-2H3. The van der Waals surface area contributed by atoms with Crippen molar-refractivity contribution in [1.29, 1.82) is 0 Å². The van der Waals surface area contributed by atoms with E-state index in [0.29, 0.717) is 0 Å². The molecule has 0 bridgehead atoms. The van der Waals surface area contributed by atoms with Crippen LogP contribution in [-0.2, 0) is 0 Å². The van der Waals surface area contributed by atoms with E-state index in [-0.39, 0.29) is 0 Å². The zero-order chi connectivity index (χ0) is 10.1. The quantitative estimate of drug-likeness (QED) is 0.544. The van der Waals surface area contributed by atoms with Crippen molar-refractivity contribution in [3.63, 3.8) is 0 Å². The van der Waals surface area contributed by atoms with Crippen LogP contribution in [0.3, 0.4) is 0 Å². The molecule has 0 aromatic heterocycles. The van der Waals surface area contributed by atoms with E-state index in [9.17, 15) is 13.2 Å². The molecular weight excluding hydrogens is 177 g/mol. The molecule has 0 radical (unpaired) electrons. The Morgan fingerprint density at radius 2 is 1.69 bits per heavy atom. The van der Waals surface area contributed by atoms with Crippen LogP contribution in [0, 0.1) is 5.41 Å². The molecule has 0 spiro atoms. The van der Waals surface area contributed by atoms with Crippen LogP contribution in [0.2, 0.25) is 0 Å². The molecule has 0 aromatic rings. The Kier molecular flexibility index (Phi) is 2.37. The first-order chi connectivity index (χ1) is 5.84. The number of allylic oxidation sites excluding steroid dienone is 6. The van der Waals surface area contributed by atoms with Crippen molar-refractivity contribution in [3.05, 3.63) is 36.0 Å². The van der Waals surface area contributed by atoms with Gasteiger partial charge in [-0.3, -0.25) is 0 Å². The van der Waals surface area contributed by atoms with Crippen molar-refractivity contribution in [2.45, 2.75) is 20.0 Å². The van der Waals surface area contributed by atoms with Crippen LogP contribution in [0.15, 0.2) is 36.0 Å². The molecule has 0 fully saturated rings. The Morgan fingerprint density at radius 3 is 2.23 bits per heavy atom. The third-order valence-corrected chi connectivity index (χ3v) is 2.00. The summed E-state index contributed by atoms with van der Waals surface area (Å²) in [6.07, 6.45) is 3.07. The van der Waals surface area contributed by atoms with Crippen LogP contribution in [-0.4, -0.2) is 6.18 Å². The highest BCUT2D eigenvalue weighted by Crippen LogP contribution is 2.40. The minimum atomic E-state index is -4.25. The Hall–Kier alpha value is -0.990. The molecule has 0 heterocycles. The predicted octanol–water partition coefficient (Wildman–Crippen LogP) is 3.63. The van der Waals surface area contributed by atoms with Crippen molar-refractivity contribution in [3.8, 4) is 0 Å². The molecule has 0 aromatic carbocycles. The lowest BCUT2D eigenvalue weighted by Gasteiger charge is -2.25. The van der Waals surface area contributed by atoms with E-state index in [1.165, 1.54) is 6.08 Å². The highest BCUT2D eigenvalue weighted by atomic mass is 19.4. The summed E-state index contributed by atoms with van der Waals surface area (Å²) in [5, 5.41) is 0. The van der Waals surface area contributed by atoms with Gasteiger partial charge >= 0.3 is 6.18 Å². The van der Waals surface area contributed by atoms with Gasteiger partial charge in [-0.2, -0.15) is 13.2 Å².